The number of nitrogens with zero attached hydrogens (tertiary/aromatic N) is 2. The summed E-state index contributed by atoms with van der Waals surface area (Å²) in [6.07, 6.45) is 3.55. The first-order valence-corrected chi connectivity index (χ1v) is 7.93. The van der Waals surface area contributed by atoms with Gasteiger partial charge in [-0.15, -0.1) is 11.3 Å². The molecule has 5 nitrogen and oxygen atoms in total. The fourth-order valence-electron chi connectivity index (χ4n) is 3.14. The Morgan fingerprint density at radius 2 is 2.15 bits per heavy atom. The third-order valence-corrected chi connectivity index (χ3v) is 5.42. The third-order valence-electron chi connectivity index (χ3n) is 4.50. The van der Waals surface area contributed by atoms with Crippen molar-refractivity contribution in [2.24, 2.45) is 0 Å². The van der Waals surface area contributed by atoms with Crippen molar-refractivity contribution in [1.82, 2.24) is 15.2 Å². The summed E-state index contributed by atoms with van der Waals surface area (Å²) in [6, 6.07) is -0.407. The van der Waals surface area contributed by atoms with Crippen molar-refractivity contribution < 1.29 is 9.59 Å². The second-order valence-corrected chi connectivity index (χ2v) is 6.69. The van der Waals surface area contributed by atoms with E-state index < -0.39 is 11.6 Å². The number of carbonyl (C=O) groups excluding carboxylic acids is 2. The molecule has 1 aliphatic carbocycles. The minimum absolute atomic E-state index is 0.0336. The van der Waals surface area contributed by atoms with Gasteiger partial charge in [0.25, 0.3) is 0 Å². The molecule has 1 spiro atoms. The van der Waals surface area contributed by atoms with Crippen molar-refractivity contribution in [3.05, 3.63) is 16.1 Å². The molecular formula is C14H19N3O2S. The number of piperazine rings is 1. The fraction of sp³-hybridized carbons (Fsp3) is 0.643. The molecule has 0 radical (unpaired) electrons. The molecule has 1 saturated carbocycles. The summed E-state index contributed by atoms with van der Waals surface area (Å²) >= 11 is 1.54. The van der Waals surface area contributed by atoms with Crippen LogP contribution in [0.4, 0.5) is 0 Å². The second kappa shape index (κ2) is 4.84. The zero-order valence-corrected chi connectivity index (χ0v) is 12.6. The molecule has 2 aliphatic rings. The Labute approximate surface area is 122 Å². The van der Waals surface area contributed by atoms with E-state index in [1.54, 1.807) is 28.7 Å². The number of aromatic nitrogens is 1. The second-order valence-electron chi connectivity index (χ2n) is 5.75. The lowest BCUT2D eigenvalue weighted by Crippen LogP contribution is -2.68. The molecule has 108 valence electrons. The number of aryl methyl sites for hydroxylation is 1. The van der Waals surface area contributed by atoms with Gasteiger partial charge in [-0.2, -0.15) is 0 Å². The van der Waals surface area contributed by atoms with E-state index in [2.05, 4.69) is 10.3 Å². The molecule has 3 rings (SSSR count). The Bertz CT molecular complexity index is 548. The lowest BCUT2D eigenvalue weighted by molar-refractivity contribution is -0.154. The van der Waals surface area contributed by atoms with Crippen LogP contribution in [0.25, 0.3) is 0 Å². The quantitative estimate of drug-likeness (QED) is 0.901. The van der Waals surface area contributed by atoms with E-state index in [1.807, 2.05) is 6.92 Å². The van der Waals surface area contributed by atoms with Gasteiger partial charge in [0.15, 0.2) is 0 Å². The molecule has 1 atom stereocenters. The number of nitrogens with one attached hydrogen (secondary N) is 1. The Balaban J connectivity index is 1.89. The third kappa shape index (κ3) is 2.02. The van der Waals surface area contributed by atoms with Crippen LogP contribution in [-0.2, 0) is 16.1 Å². The smallest absolute Gasteiger partial charge is 0.249 e. The summed E-state index contributed by atoms with van der Waals surface area (Å²) in [7, 11) is 0. The van der Waals surface area contributed by atoms with E-state index in [9.17, 15) is 9.59 Å². The van der Waals surface area contributed by atoms with Gasteiger partial charge in [0.05, 0.1) is 17.7 Å². The standard InChI is InChI=1S/C14H19N3O2S/c1-9-11(20-8-15-9)7-17-10(2)12(18)16-14(13(17)19)5-3-4-6-14/h8,10H,3-7H2,1-2H3,(H,16,18). The van der Waals surface area contributed by atoms with Crippen LogP contribution in [-0.4, -0.2) is 33.3 Å². The predicted molar refractivity (Wildman–Crippen MR) is 76.2 cm³/mol. The highest BCUT2D eigenvalue weighted by atomic mass is 32.1. The monoisotopic (exact) mass is 293 g/mol. The van der Waals surface area contributed by atoms with Crippen LogP contribution in [0.2, 0.25) is 0 Å². The minimum atomic E-state index is -0.637. The molecule has 1 aromatic rings. The Kier molecular flexibility index (Phi) is 3.28. The Hall–Kier alpha value is -1.43. The lowest BCUT2D eigenvalue weighted by Gasteiger charge is -2.43. The highest BCUT2D eigenvalue weighted by Crippen LogP contribution is 2.35. The molecule has 2 fully saturated rings. The summed E-state index contributed by atoms with van der Waals surface area (Å²) < 4.78 is 0. The molecule has 2 heterocycles. The molecular weight excluding hydrogens is 274 g/mol. The summed E-state index contributed by atoms with van der Waals surface area (Å²) in [4.78, 5) is 32.1. The molecule has 0 bridgehead atoms. The average Bonchev–Trinajstić information content (AvgIpc) is 3.03. The maximum Gasteiger partial charge on any atom is 0.249 e. The molecule has 20 heavy (non-hydrogen) atoms. The van der Waals surface area contributed by atoms with E-state index in [4.69, 9.17) is 0 Å². The van der Waals surface area contributed by atoms with Gasteiger partial charge >= 0.3 is 0 Å². The first-order chi connectivity index (χ1) is 9.53. The van der Waals surface area contributed by atoms with Crippen molar-refractivity contribution >= 4 is 23.2 Å². The van der Waals surface area contributed by atoms with Gasteiger partial charge in [-0.1, -0.05) is 12.8 Å². The molecule has 1 aliphatic heterocycles. The van der Waals surface area contributed by atoms with Gasteiger partial charge in [-0.3, -0.25) is 9.59 Å². The first kappa shape index (κ1) is 13.5. The van der Waals surface area contributed by atoms with Crippen molar-refractivity contribution in [2.75, 3.05) is 0 Å². The number of amides is 2. The molecule has 1 unspecified atom stereocenters. The highest BCUT2D eigenvalue weighted by molar-refractivity contribution is 7.09. The van der Waals surface area contributed by atoms with Gasteiger partial charge in [-0.05, 0) is 26.7 Å². The van der Waals surface area contributed by atoms with Crippen molar-refractivity contribution in [2.45, 2.75) is 57.7 Å². The molecule has 1 aromatic heterocycles. The van der Waals surface area contributed by atoms with Crippen LogP contribution in [0, 0.1) is 6.92 Å². The van der Waals surface area contributed by atoms with Crippen molar-refractivity contribution in [3.8, 4) is 0 Å². The maximum absolute atomic E-state index is 12.8. The first-order valence-electron chi connectivity index (χ1n) is 7.05. The van der Waals surface area contributed by atoms with Gasteiger partial charge in [0, 0.05) is 4.88 Å². The summed E-state index contributed by atoms with van der Waals surface area (Å²) in [6.45, 7) is 4.23. The van der Waals surface area contributed by atoms with E-state index in [0.717, 1.165) is 36.3 Å². The van der Waals surface area contributed by atoms with E-state index in [-0.39, 0.29) is 11.8 Å². The SMILES string of the molecule is Cc1ncsc1CN1C(=O)C2(CCCC2)NC(=O)C1C. The van der Waals surface area contributed by atoms with Crippen LogP contribution >= 0.6 is 11.3 Å². The van der Waals surface area contributed by atoms with Crippen LogP contribution in [0.3, 0.4) is 0 Å². The lowest BCUT2D eigenvalue weighted by atomic mass is 9.91. The Morgan fingerprint density at radius 1 is 1.45 bits per heavy atom. The zero-order chi connectivity index (χ0) is 14.3. The zero-order valence-electron chi connectivity index (χ0n) is 11.8. The van der Waals surface area contributed by atoms with Crippen LogP contribution in [0.5, 0.6) is 0 Å². The van der Waals surface area contributed by atoms with E-state index in [0.29, 0.717) is 6.54 Å². The molecule has 0 aromatic carbocycles. The van der Waals surface area contributed by atoms with E-state index in [1.165, 1.54) is 0 Å². The molecule has 1 N–H and O–H groups in total. The van der Waals surface area contributed by atoms with Crippen molar-refractivity contribution in [1.29, 1.82) is 0 Å². The van der Waals surface area contributed by atoms with Gasteiger partial charge in [0.1, 0.15) is 11.6 Å². The number of thiazole rings is 1. The topological polar surface area (TPSA) is 62.3 Å². The van der Waals surface area contributed by atoms with Gasteiger partial charge < -0.3 is 10.2 Å². The van der Waals surface area contributed by atoms with Gasteiger partial charge in [-0.25, -0.2) is 4.98 Å². The average molecular weight is 293 g/mol. The van der Waals surface area contributed by atoms with Crippen LogP contribution < -0.4 is 5.32 Å². The number of rotatable bonds is 2. The number of hydrogen-bond acceptors (Lipinski definition) is 4. The highest BCUT2D eigenvalue weighted by Gasteiger charge is 2.50. The minimum Gasteiger partial charge on any atom is -0.340 e. The van der Waals surface area contributed by atoms with E-state index >= 15 is 0 Å². The largest absolute Gasteiger partial charge is 0.340 e. The Morgan fingerprint density at radius 3 is 2.75 bits per heavy atom. The van der Waals surface area contributed by atoms with Crippen molar-refractivity contribution in [3.63, 3.8) is 0 Å². The fourth-order valence-corrected chi connectivity index (χ4v) is 3.92. The predicted octanol–water partition coefficient (Wildman–Crippen LogP) is 1.61. The van der Waals surface area contributed by atoms with Gasteiger partial charge in [0.2, 0.25) is 11.8 Å². The normalized spacial score (nSPS) is 25.3. The van der Waals surface area contributed by atoms with Crippen LogP contribution in [0.1, 0.15) is 43.2 Å². The maximum atomic E-state index is 12.8. The number of carbonyl (C=O) groups is 2. The molecule has 1 saturated heterocycles. The molecule has 2 amide bonds. The number of hydrogen-bond donors (Lipinski definition) is 1. The molecule has 6 heteroatoms. The van der Waals surface area contributed by atoms with Crippen LogP contribution in [0.15, 0.2) is 5.51 Å². The summed E-state index contributed by atoms with van der Waals surface area (Å²) in [5.41, 5.74) is 2.10. The summed E-state index contributed by atoms with van der Waals surface area (Å²) in [5, 5.41) is 2.97. The summed E-state index contributed by atoms with van der Waals surface area (Å²) in [5.74, 6) is 0.0450.